The Morgan fingerprint density at radius 3 is 2.33 bits per heavy atom. The van der Waals surface area contributed by atoms with Crippen LogP contribution in [0.2, 0.25) is 0 Å². The van der Waals surface area contributed by atoms with Crippen molar-refractivity contribution in [1.29, 1.82) is 0 Å². The van der Waals surface area contributed by atoms with Crippen LogP contribution in [0.25, 0.3) is 0 Å². The molecule has 102 valence electrons. The Morgan fingerprint density at radius 2 is 1.67 bits per heavy atom. The van der Waals surface area contributed by atoms with Crippen LogP contribution in [0.15, 0.2) is 0 Å². The quantitative estimate of drug-likeness (QED) is 0.806. The Hall–Kier alpha value is -0.0400. The molecule has 0 radical (unpaired) electrons. The normalized spacial score (nSPS) is 55.3. The predicted molar refractivity (Wildman–Crippen MR) is 75.0 cm³/mol. The highest BCUT2D eigenvalue weighted by molar-refractivity contribution is 5.16. The zero-order valence-electron chi connectivity index (χ0n) is 11.9. The van der Waals surface area contributed by atoms with Crippen molar-refractivity contribution in [2.75, 3.05) is 0 Å². The highest BCUT2D eigenvalue weighted by atomic mass is 14.8. The monoisotopic (exact) mass is 247 g/mol. The fraction of sp³-hybridized carbons (Fsp3) is 1.00. The molecule has 0 aromatic rings. The molecule has 4 rings (SSSR count). The average molecular weight is 247 g/mol. The number of hydrogen-bond donors (Lipinski definition) is 1. The minimum Gasteiger partial charge on any atom is -0.327 e. The molecule has 18 heavy (non-hydrogen) atoms. The third-order valence-corrected chi connectivity index (χ3v) is 7.23. The van der Waals surface area contributed by atoms with Gasteiger partial charge in [0.05, 0.1) is 0 Å². The van der Waals surface area contributed by atoms with Crippen LogP contribution < -0.4 is 5.73 Å². The van der Waals surface area contributed by atoms with Gasteiger partial charge in [-0.25, -0.2) is 0 Å². The first kappa shape index (κ1) is 11.8. The van der Waals surface area contributed by atoms with Gasteiger partial charge in [0.2, 0.25) is 0 Å². The van der Waals surface area contributed by atoms with Crippen molar-refractivity contribution in [2.24, 2.45) is 47.2 Å². The van der Waals surface area contributed by atoms with Gasteiger partial charge in [-0.05, 0) is 67.1 Å². The highest BCUT2D eigenvalue weighted by Crippen LogP contribution is 2.70. The molecule has 0 spiro atoms. The van der Waals surface area contributed by atoms with Crippen LogP contribution in [0.4, 0.5) is 0 Å². The number of rotatable bonds is 3. The van der Waals surface area contributed by atoms with E-state index >= 15 is 0 Å². The lowest BCUT2D eigenvalue weighted by Crippen LogP contribution is -2.40. The highest BCUT2D eigenvalue weighted by Gasteiger charge is 2.66. The summed E-state index contributed by atoms with van der Waals surface area (Å²) in [6, 6.07) is 0.564. The second-order valence-corrected chi connectivity index (χ2v) is 7.76. The SMILES string of the molecule is CCC1CCCCC1C(N)C1C2C3CCC(C3)C21. The molecule has 1 heteroatoms. The number of fused-ring (bicyclic) bond motifs is 5. The molecule has 0 heterocycles. The van der Waals surface area contributed by atoms with Gasteiger partial charge in [-0.15, -0.1) is 0 Å². The second-order valence-electron chi connectivity index (χ2n) is 7.76. The molecule has 0 aromatic heterocycles. The molecule has 4 fully saturated rings. The van der Waals surface area contributed by atoms with E-state index in [2.05, 4.69) is 6.92 Å². The van der Waals surface area contributed by atoms with Gasteiger partial charge in [-0.1, -0.05) is 32.6 Å². The van der Waals surface area contributed by atoms with Gasteiger partial charge in [0.15, 0.2) is 0 Å². The second kappa shape index (κ2) is 4.23. The molecular weight excluding hydrogens is 218 g/mol. The smallest absolute Gasteiger partial charge is 0.0104 e. The molecule has 2 bridgehead atoms. The van der Waals surface area contributed by atoms with Gasteiger partial charge in [-0.2, -0.15) is 0 Å². The summed E-state index contributed by atoms with van der Waals surface area (Å²) >= 11 is 0. The molecule has 0 saturated heterocycles. The summed E-state index contributed by atoms with van der Waals surface area (Å²) in [4.78, 5) is 0. The summed E-state index contributed by atoms with van der Waals surface area (Å²) in [6.07, 6.45) is 11.8. The summed E-state index contributed by atoms with van der Waals surface area (Å²) in [5.74, 6) is 7.13. The summed E-state index contributed by atoms with van der Waals surface area (Å²) in [6.45, 7) is 2.38. The van der Waals surface area contributed by atoms with Gasteiger partial charge in [0.25, 0.3) is 0 Å². The van der Waals surface area contributed by atoms with Crippen LogP contribution in [-0.4, -0.2) is 6.04 Å². The number of nitrogens with two attached hydrogens (primary N) is 1. The molecule has 7 atom stereocenters. The van der Waals surface area contributed by atoms with E-state index in [1.165, 1.54) is 44.9 Å². The summed E-state index contributed by atoms with van der Waals surface area (Å²) in [7, 11) is 0. The minimum absolute atomic E-state index is 0.564. The van der Waals surface area contributed by atoms with Crippen molar-refractivity contribution >= 4 is 0 Å². The van der Waals surface area contributed by atoms with E-state index in [0.29, 0.717) is 6.04 Å². The van der Waals surface area contributed by atoms with Crippen molar-refractivity contribution in [2.45, 2.75) is 64.3 Å². The first-order valence-electron chi connectivity index (χ1n) is 8.56. The summed E-state index contributed by atoms with van der Waals surface area (Å²) in [5.41, 5.74) is 6.76. The van der Waals surface area contributed by atoms with Crippen molar-refractivity contribution in [1.82, 2.24) is 0 Å². The largest absolute Gasteiger partial charge is 0.327 e. The van der Waals surface area contributed by atoms with Crippen LogP contribution >= 0.6 is 0 Å². The Bertz CT molecular complexity index is 310. The lowest BCUT2D eigenvalue weighted by atomic mass is 9.72. The maximum absolute atomic E-state index is 6.76. The molecule has 4 aliphatic rings. The molecule has 0 amide bonds. The van der Waals surface area contributed by atoms with E-state index in [1.807, 2.05) is 0 Å². The van der Waals surface area contributed by atoms with E-state index in [4.69, 9.17) is 5.73 Å². The maximum Gasteiger partial charge on any atom is 0.0104 e. The van der Waals surface area contributed by atoms with E-state index < -0.39 is 0 Å². The van der Waals surface area contributed by atoms with Gasteiger partial charge < -0.3 is 5.73 Å². The van der Waals surface area contributed by atoms with Crippen molar-refractivity contribution < 1.29 is 0 Å². The maximum atomic E-state index is 6.76. The Kier molecular flexibility index (Phi) is 2.76. The predicted octanol–water partition coefficient (Wildman–Crippen LogP) is 3.82. The van der Waals surface area contributed by atoms with E-state index in [1.54, 1.807) is 6.42 Å². The molecule has 1 nitrogen and oxygen atoms in total. The van der Waals surface area contributed by atoms with Crippen molar-refractivity contribution in [3.05, 3.63) is 0 Å². The molecular formula is C17H29N. The zero-order valence-corrected chi connectivity index (χ0v) is 11.9. The fourth-order valence-electron chi connectivity index (χ4n) is 6.44. The molecule has 4 aliphatic carbocycles. The van der Waals surface area contributed by atoms with Crippen LogP contribution in [0.5, 0.6) is 0 Å². The topological polar surface area (TPSA) is 26.0 Å². The van der Waals surface area contributed by atoms with E-state index in [-0.39, 0.29) is 0 Å². The third kappa shape index (κ3) is 1.55. The molecule has 2 N–H and O–H groups in total. The fourth-order valence-corrected chi connectivity index (χ4v) is 6.44. The molecule has 7 unspecified atom stereocenters. The van der Waals surface area contributed by atoms with Crippen LogP contribution in [-0.2, 0) is 0 Å². The molecule has 0 aromatic carbocycles. The first-order chi connectivity index (χ1) is 8.81. The van der Waals surface area contributed by atoms with Crippen molar-refractivity contribution in [3.63, 3.8) is 0 Å². The Morgan fingerprint density at radius 1 is 1.00 bits per heavy atom. The van der Waals surface area contributed by atoms with Crippen LogP contribution in [0.3, 0.4) is 0 Å². The lowest BCUT2D eigenvalue weighted by Gasteiger charge is -2.36. The minimum atomic E-state index is 0.564. The van der Waals surface area contributed by atoms with E-state index in [9.17, 15) is 0 Å². The third-order valence-electron chi connectivity index (χ3n) is 7.23. The van der Waals surface area contributed by atoms with Gasteiger partial charge in [0.1, 0.15) is 0 Å². The molecule has 4 saturated carbocycles. The summed E-state index contributed by atoms with van der Waals surface area (Å²) < 4.78 is 0. The average Bonchev–Trinajstić information content (AvgIpc) is 2.85. The van der Waals surface area contributed by atoms with Crippen LogP contribution in [0.1, 0.15) is 58.3 Å². The summed E-state index contributed by atoms with van der Waals surface area (Å²) in [5, 5.41) is 0. The van der Waals surface area contributed by atoms with Gasteiger partial charge >= 0.3 is 0 Å². The zero-order chi connectivity index (χ0) is 12.3. The first-order valence-corrected chi connectivity index (χ1v) is 8.56. The lowest BCUT2D eigenvalue weighted by molar-refractivity contribution is 0.172. The molecule has 0 aliphatic heterocycles. The Balaban J connectivity index is 1.46. The Labute approximate surface area is 112 Å². The van der Waals surface area contributed by atoms with Crippen LogP contribution in [0, 0.1) is 41.4 Å². The number of hydrogen-bond acceptors (Lipinski definition) is 1. The van der Waals surface area contributed by atoms with Gasteiger partial charge in [0, 0.05) is 6.04 Å². The van der Waals surface area contributed by atoms with E-state index in [0.717, 1.165) is 41.4 Å². The van der Waals surface area contributed by atoms with Gasteiger partial charge in [-0.3, -0.25) is 0 Å². The van der Waals surface area contributed by atoms with Crippen molar-refractivity contribution in [3.8, 4) is 0 Å². The standard InChI is InChI=1S/C17H29N/c1-2-10-5-3-4-6-13(10)17(18)16-14-11-7-8-12(9-11)15(14)16/h10-17H,2-9,18H2,1H3.